The van der Waals surface area contributed by atoms with E-state index in [9.17, 15) is 9.59 Å². The van der Waals surface area contributed by atoms with E-state index in [1.165, 1.54) is 4.90 Å². The van der Waals surface area contributed by atoms with Crippen LogP contribution in [0, 0.1) is 5.92 Å². The molecule has 0 bridgehead atoms. The van der Waals surface area contributed by atoms with Crippen LogP contribution in [0.2, 0.25) is 0 Å². The van der Waals surface area contributed by atoms with E-state index in [4.69, 9.17) is 14.6 Å². The maximum absolute atomic E-state index is 12.2. The first-order valence-corrected chi connectivity index (χ1v) is 7.37. The van der Waals surface area contributed by atoms with Gasteiger partial charge in [-0.05, 0) is 19.8 Å². The summed E-state index contributed by atoms with van der Waals surface area (Å²) in [5.41, 5.74) is 0. The highest BCUT2D eigenvalue weighted by molar-refractivity contribution is 5.82. The van der Waals surface area contributed by atoms with Crippen molar-refractivity contribution in [2.75, 3.05) is 39.5 Å². The summed E-state index contributed by atoms with van der Waals surface area (Å²) in [7, 11) is 0. The number of rotatable bonds is 11. The van der Waals surface area contributed by atoms with E-state index in [-0.39, 0.29) is 5.92 Å². The van der Waals surface area contributed by atoms with E-state index in [0.29, 0.717) is 39.5 Å². The second kappa shape index (κ2) is 11.3. The Hall–Kier alpha value is -1.34. The second-order valence-electron chi connectivity index (χ2n) is 4.89. The number of hydrogen-bond donors (Lipinski definition) is 2. The Labute approximate surface area is 126 Å². The van der Waals surface area contributed by atoms with Crippen LogP contribution in [0.25, 0.3) is 0 Å². The predicted octanol–water partition coefficient (Wildman–Crippen LogP) is 1.18. The lowest BCUT2D eigenvalue weighted by Gasteiger charge is -2.26. The molecular formula is C14H28N2O5. The van der Waals surface area contributed by atoms with Gasteiger partial charge in [0, 0.05) is 26.3 Å². The minimum absolute atomic E-state index is 0.188. The Morgan fingerprint density at radius 3 is 1.90 bits per heavy atom. The van der Waals surface area contributed by atoms with E-state index < -0.39 is 18.0 Å². The fourth-order valence-electron chi connectivity index (χ4n) is 1.69. The molecule has 0 aliphatic rings. The van der Waals surface area contributed by atoms with E-state index in [1.807, 2.05) is 13.8 Å². The molecule has 0 fully saturated rings. The van der Waals surface area contributed by atoms with Crippen molar-refractivity contribution in [1.82, 2.24) is 10.2 Å². The maximum Gasteiger partial charge on any atom is 0.326 e. The zero-order valence-electron chi connectivity index (χ0n) is 13.4. The summed E-state index contributed by atoms with van der Waals surface area (Å²) in [4.78, 5) is 24.8. The SMILES string of the molecule is CCOCCN(CCOCC)C(=O)NC(C(=O)O)C(C)C. The zero-order valence-corrected chi connectivity index (χ0v) is 13.4. The molecule has 0 aromatic rings. The van der Waals surface area contributed by atoms with Gasteiger partial charge >= 0.3 is 12.0 Å². The molecule has 7 heteroatoms. The standard InChI is InChI=1S/C14H28N2O5/c1-5-20-9-7-16(8-10-21-6-2)14(19)15-12(11(3)4)13(17)18/h11-12H,5-10H2,1-4H3,(H,15,19)(H,17,18). The number of carbonyl (C=O) groups excluding carboxylic acids is 1. The first-order chi connectivity index (χ1) is 9.93. The van der Waals surface area contributed by atoms with Gasteiger partial charge in [-0.15, -0.1) is 0 Å². The van der Waals surface area contributed by atoms with Crippen LogP contribution in [0.5, 0.6) is 0 Å². The minimum Gasteiger partial charge on any atom is -0.480 e. The van der Waals surface area contributed by atoms with Crippen molar-refractivity contribution < 1.29 is 24.2 Å². The molecule has 2 N–H and O–H groups in total. The van der Waals surface area contributed by atoms with Crippen molar-refractivity contribution in [2.45, 2.75) is 33.7 Å². The number of amides is 2. The monoisotopic (exact) mass is 304 g/mol. The molecule has 0 saturated carbocycles. The molecule has 7 nitrogen and oxygen atoms in total. The topological polar surface area (TPSA) is 88.1 Å². The van der Waals surface area contributed by atoms with Crippen LogP contribution >= 0.6 is 0 Å². The average Bonchev–Trinajstić information content (AvgIpc) is 2.42. The molecule has 0 radical (unpaired) electrons. The molecule has 2 amide bonds. The number of nitrogens with zero attached hydrogens (tertiary/aromatic N) is 1. The zero-order chi connectivity index (χ0) is 16.3. The third-order valence-corrected chi connectivity index (χ3v) is 2.92. The van der Waals surface area contributed by atoms with Gasteiger partial charge in [0.25, 0.3) is 0 Å². The van der Waals surface area contributed by atoms with Gasteiger partial charge in [-0.2, -0.15) is 0 Å². The number of aliphatic carboxylic acids is 1. The Morgan fingerprint density at radius 1 is 1.10 bits per heavy atom. The van der Waals surface area contributed by atoms with Crippen molar-refractivity contribution >= 4 is 12.0 Å². The van der Waals surface area contributed by atoms with E-state index in [0.717, 1.165) is 0 Å². The number of urea groups is 1. The molecule has 124 valence electrons. The number of carboxylic acid groups (broad SMARTS) is 1. The molecular weight excluding hydrogens is 276 g/mol. The van der Waals surface area contributed by atoms with Gasteiger partial charge in [-0.1, -0.05) is 13.8 Å². The van der Waals surface area contributed by atoms with Gasteiger partial charge in [-0.3, -0.25) is 0 Å². The Kier molecular flexibility index (Phi) is 10.6. The molecule has 0 saturated heterocycles. The van der Waals surface area contributed by atoms with Crippen LogP contribution in [-0.2, 0) is 14.3 Å². The molecule has 1 atom stereocenters. The lowest BCUT2D eigenvalue weighted by molar-refractivity contribution is -0.140. The molecule has 0 aromatic carbocycles. The highest BCUT2D eigenvalue weighted by Crippen LogP contribution is 2.03. The third kappa shape index (κ3) is 8.52. The van der Waals surface area contributed by atoms with Gasteiger partial charge in [0.15, 0.2) is 0 Å². The van der Waals surface area contributed by atoms with Crippen molar-refractivity contribution in [3.63, 3.8) is 0 Å². The Morgan fingerprint density at radius 2 is 1.57 bits per heavy atom. The quantitative estimate of drug-likeness (QED) is 0.560. The van der Waals surface area contributed by atoms with Crippen LogP contribution < -0.4 is 5.32 Å². The predicted molar refractivity (Wildman–Crippen MR) is 79.4 cm³/mol. The Balaban J connectivity index is 4.55. The van der Waals surface area contributed by atoms with Crippen molar-refractivity contribution in [3.05, 3.63) is 0 Å². The number of ether oxygens (including phenoxy) is 2. The van der Waals surface area contributed by atoms with Gasteiger partial charge in [0.05, 0.1) is 13.2 Å². The van der Waals surface area contributed by atoms with E-state index in [2.05, 4.69) is 5.32 Å². The minimum atomic E-state index is -1.03. The summed E-state index contributed by atoms with van der Waals surface area (Å²) in [6.07, 6.45) is 0. The van der Waals surface area contributed by atoms with Crippen LogP contribution in [0.15, 0.2) is 0 Å². The molecule has 21 heavy (non-hydrogen) atoms. The first kappa shape index (κ1) is 19.7. The summed E-state index contributed by atoms with van der Waals surface area (Å²) in [6, 6.07) is -1.31. The molecule has 0 heterocycles. The van der Waals surface area contributed by atoms with Gasteiger partial charge in [0.2, 0.25) is 0 Å². The van der Waals surface area contributed by atoms with E-state index >= 15 is 0 Å². The fraction of sp³-hybridized carbons (Fsp3) is 0.857. The molecule has 0 aliphatic carbocycles. The average molecular weight is 304 g/mol. The van der Waals surface area contributed by atoms with Gasteiger partial charge in [-0.25, -0.2) is 9.59 Å². The highest BCUT2D eigenvalue weighted by Gasteiger charge is 2.25. The smallest absolute Gasteiger partial charge is 0.326 e. The van der Waals surface area contributed by atoms with Gasteiger partial charge < -0.3 is 24.8 Å². The molecule has 1 unspecified atom stereocenters. The summed E-state index contributed by atoms with van der Waals surface area (Å²) >= 11 is 0. The number of carbonyl (C=O) groups is 2. The highest BCUT2D eigenvalue weighted by atomic mass is 16.5. The summed E-state index contributed by atoms with van der Waals surface area (Å²) in [6.45, 7) is 10.0. The molecule has 0 aromatic heterocycles. The third-order valence-electron chi connectivity index (χ3n) is 2.92. The van der Waals surface area contributed by atoms with Gasteiger partial charge in [0.1, 0.15) is 6.04 Å². The lowest BCUT2D eigenvalue weighted by Crippen LogP contribution is -2.51. The summed E-state index contributed by atoms with van der Waals surface area (Å²) in [5, 5.41) is 11.7. The van der Waals surface area contributed by atoms with Crippen LogP contribution in [-0.4, -0.2) is 67.6 Å². The van der Waals surface area contributed by atoms with Crippen LogP contribution in [0.4, 0.5) is 4.79 Å². The van der Waals surface area contributed by atoms with Crippen molar-refractivity contribution in [1.29, 1.82) is 0 Å². The first-order valence-electron chi connectivity index (χ1n) is 7.37. The van der Waals surface area contributed by atoms with Crippen LogP contribution in [0.1, 0.15) is 27.7 Å². The molecule has 0 rings (SSSR count). The lowest BCUT2D eigenvalue weighted by atomic mass is 10.1. The second-order valence-corrected chi connectivity index (χ2v) is 4.89. The van der Waals surface area contributed by atoms with Crippen molar-refractivity contribution in [2.24, 2.45) is 5.92 Å². The largest absolute Gasteiger partial charge is 0.480 e. The van der Waals surface area contributed by atoms with Crippen LogP contribution in [0.3, 0.4) is 0 Å². The summed E-state index contributed by atoms with van der Waals surface area (Å²) in [5.74, 6) is -1.22. The fourth-order valence-corrected chi connectivity index (χ4v) is 1.69. The maximum atomic E-state index is 12.2. The summed E-state index contributed by atoms with van der Waals surface area (Å²) < 4.78 is 10.5. The Bertz CT molecular complexity index is 300. The molecule has 0 aliphatic heterocycles. The molecule has 0 spiro atoms. The van der Waals surface area contributed by atoms with Crippen molar-refractivity contribution in [3.8, 4) is 0 Å². The number of carboxylic acids is 1. The normalized spacial score (nSPS) is 12.2. The van der Waals surface area contributed by atoms with E-state index in [1.54, 1.807) is 13.8 Å². The number of nitrogens with one attached hydrogen (secondary N) is 1. The number of hydrogen-bond acceptors (Lipinski definition) is 4.